The molecule has 0 spiro atoms. The molecule has 0 atom stereocenters. The van der Waals surface area contributed by atoms with Crippen molar-refractivity contribution in [3.63, 3.8) is 0 Å². The highest BCUT2D eigenvalue weighted by Gasteiger charge is 2.31. The molecule has 3 heteroatoms. The molecule has 0 radical (unpaired) electrons. The average Bonchev–Trinajstić information content (AvgIpc) is 2.49. The van der Waals surface area contributed by atoms with Crippen LogP contribution in [-0.2, 0) is 9.47 Å². The van der Waals surface area contributed by atoms with Gasteiger partial charge in [-0.3, -0.25) is 0 Å². The van der Waals surface area contributed by atoms with Crippen LogP contribution in [-0.4, -0.2) is 19.5 Å². The monoisotopic (exact) mass is 300 g/mol. The lowest BCUT2D eigenvalue weighted by atomic mass is 9.81. The Morgan fingerprint density at radius 3 is 2.35 bits per heavy atom. The molecule has 0 aromatic heterocycles. The van der Waals surface area contributed by atoms with E-state index in [0.717, 1.165) is 13.2 Å². The van der Waals surface area contributed by atoms with Gasteiger partial charge in [0, 0.05) is 17.4 Å². The first-order valence-electron chi connectivity index (χ1n) is 8.33. The van der Waals surface area contributed by atoms with E-state index in [2.05, 4.69) is 13.0 Å². The number of halogens is 1. The van der Waals surface area contributed by atoms with Crippen LogP contribution >= 0.6 is 11.6 Å². The van der Waals surface area contributed by atoms with Crippen LogP contribution in [0, 0.1) is 17.8 Å². The standard InChI is InChI=1S/C17H29ClO2/c1-2-3-4-5-15-12-19-17(20-13-15)16-8-6-14(7-9-16)10-11-18/h10-11,14-17H,2-9,12-13H2,1H3. The van der Waals surface area contributed by atoms with Crippen molar-refractivity contribution in [3.8, 4) is 0 Å². The molecule has 2 fully saturated rings. The maximum atomic E-state index is 5.99. The molecular formula is C17H29ClO2. The van der Waals surface area contributed by atoms with E-state index in [0.29, 0.717) is 17.8 Å². The second-order valence-corrected chi connectivity index (χ2v) is 6.64. The molecule has 0 N–H and O–H groups in total. The molecular weight excluding hydrogens is 272 g/mol. The van der Waals surface area contributed by atoms with Crippen LogP contribution in [0.1, 0.15) is 58.3 Å². The summed E-state index contributed by atoms with van der Waals surface area (Å²) < 4.78 is 12.0. The highest BCUT2D eigenvalue weighted by Crippen LogP contribution is 2.34. The number of rotatable bonds is 6. The summed E-state index contributed by atoms with van der Waals surface area (Å²) in [5.74, 6) is 1.87. The SMILES string of the molecule is CCCCCC1COC(C2CCC(C=CCl)CC2)OC1. The Morgan fingerprint density at radius 1 is 1.05 bits per heavy atom. The van der Waals surface area contributed by atoms with Gasteiger partial charge in [-0.15, -0.1) is 0 Å². The van der Waals surface area contributed by atoms with E-state index >= 15 is 0 Å². The van der Waals surface area contributed by atoms with E-state index in [4.69, 9.17) is 21.1 Å². The third-order valence-corrected chi connectivity index (χ3v) is 4.90. The average molecular weight is 301 g/mol. The molecule has 0 amide bonds. The van der Waals surface area contributed by atoms with Gasteiger partial charge in [0.25, 0.3) is 0 Å². The van der Waals surface area contributed by atoms with E-state index in [1.54, 1.807) is 5.54 Å². The zero-order valence-corrected chi connectivity index (χ0v) is 13.5. The molecule has 2 aliphatic rings. The van der Waals surface area contributed by atoms with Gasteiger partial charge < -0.3 is 9.47 Å². The zero-order valence-electron chi connectivity index (χ0n) is 12.7. The molecule has 1 saturated heterocycles. The highest BCUT2D eigenvalue weighted by molar-refractivity contribution is 6.25. The Hall–Kier alpha value is -0.0500. The Labute approximate surface area is 128 Å². The maximum absolute atomic E-state index is 5.99. The van der Waals surface area contributed by atoms with Crippen LogP contribution in [0.4, 0.5) is 0 Å². The van der Waals surface area contributed by atoms with Crippen molar-refractivity contribution >= 4 is 11.6 Å². The van der Waals surface area contributed by atoms with Crippen LogP contribution in [0.5, 0.6) is 0 Å². The van der Waals surface area contributed by atoms with Gasteiger partial charge in [-0.1, -0.05) is 43.9 Å². The van der Waals surface area contributed by atoms with Crippen molar-refractivity contribution in [2.24, 2.45) is 17.8 Å². The van der Waals surface area contributed by atoms with Crippen molar-refractivity contribution in [1.82, 2.24) is 0 Å². The molecule has 2 nitrogen and oxygen atoms in total. The quantitative estimate of drug-likeness (QED) is 0.634. The van der Waals surface area contributed by atoms with Gasteiger partial charge >= 0.3 is 0 Å². The van der Waals surface area contributed by atoms with Crippen molar-refractivity contribution in [2.75, 3.05) is 13.2 Å². The molecule has 1 aliphatic heterocycles. The van der Waals surface area contributed by atoms with Crippen LogP contribution in [0.2, 0.25) is 0 Å². The van der Waals surface area contributed by atoms with Crippen LogP contribution in [0.15, 0.2) is 11.6 Å². The van der Waals surface area contributed by atoms with E-state index in [1.165, 1.54) is 51.4 Å². The van der Waals surface area contributed by atoms with Crippen molar-refractivity contribution in [2.45, 2.75) is 64.6 Å². The van der Waals surface area contributed by atoms with Gasteiger partial charge in [0.2, 0.25) is 0 Å². The molecule has 20 heavy (non-hydrogen) atoms. The summed E-state index contributed by atoms with van der Waals surface area (Å²) in [6.07, 6.45) is 12.2. The minimum absolute atomic E-state index is 0.0540. The Bertz CT molecular complexity index is 277. The van der Waals surface area contributed by atoms with Gasteiger partial charge in [0.05, 0.1) is 13.2 Å². The Kier molecular flexibility index (Phi) is 7.40. The second-order valence-electron chi connectivity index (χ2n) is 6.39. The third-order valence-electron chi connectivity index (χ3n) is 4.75. The van der Waals surface area contributed by atoms with Gasteiger partial charge in [0.15, 0.2) is 6.29 Å². The van der Waals surface area contributed by atoms with Gasteiger partial charge in [0.1, 0.15) is 0 Å². The predicted octanol–water partition coefficient (Wildman–Crippen LogP) is 5.11. The summed E-state index contributed by atoms with van der Waals surface area (Å²) in [7, 11) is 0. The lowest BCUT2D eigenvalue weighted by Gasteiger charge is -2.37. The van der Waals surface area contributed by atoms with Crippen molar-refractivity contribution < 1.29 is 9.47 Å². The fourth-order valence-corrected chi connectivity index (χ4v) is 3.60. The predicted molar refractivity (Wildman–Crippen MR) is 83.8 cm³/mol. The van der Waals surface area contributed by atoms with Gasteiger partial charge in [-0.25, -0.2) is 0 Å². The lowest BCUT2D eigenvalue weighted by molar-refractivity contribution is -0.229. The molecule has 1 aliphatic carbocycles. The third kappa shape index (κ3) is 5.05. The normalized spacial score (nSPS) is 35.5. The number of ether oxygens (including phenoxy) is 2. The first-order valence-corrected chi connectivity index (χ1v) is 8.77. The summed E-state index contributed by atoms with van der Waals surface area (Å²) in [4.78, 5) is 0. The minimum Gasteiger partial charge on any atom is -0.352 e. The summed E-state index contributed by atoms with van der Waals surface area (Å²) in [6, 6.07) is 0. The molecule has 0 aromatic carbocycles. The van der Waals surface area contributed by atoms with Gasteiger partial charge in [-0.05, 0) is 38.0 Å². The summed E-state index contributed by atoms with van der Waals surface area (Å²) in [5, 5.41) is 0. The van der Waals surface area contributed by atoms with Crippen molar-refractivity contribution in [1.29, 1.82) is 0 Å². The van der Waals surface area contributed by atoms with E-state index < -0.39 is 0 Å². The number of unbranched alkanes of at least 4 members (excludes halogenated alkanes) is 2. The second kappa shape index (κ2) is 9.07. The molecule has 1 heterocycles. The molecule has 0 aromatic rings. The Balaban J connectivity index is 1.64. The molecule has 0 bridgehead atoms. The highest BCUT2D eigenvalue weighted by atomic mass is 35.5. The zero-order chi connectivity index (χ0) is 14.2. The first-order chi connectivity index (χ1) is 9.83. The van der Waals surface area contributed by atoms with E-state index in [9.17, 15) is 0 Å². The van der Waals surface area contributed by atoms with Crippen LogP contribution < -0.4 is 0 Å². The molecule has 116 valence electrons. The molecule has 2 rings (SSSR count). The number of allylic oxidation sites excluding steroid dienone is 1. The number of hydrogen-bond donors (Lipinski definition) is 0. The summed E-state index contributed by atoms with van der Waals surface area (Å²) >= 11 is 5.66. The fourth-order valence-electron chi connectivity index (χ4n) is 3.39. The van der Waals surface area contributed by atoms with E-state index in [1.807, 2.05) is 0 Å². The number of hydrogen-bond acceptors (Lipinski definition) is 2. The smallest absolute Gasteiger partial charge is 0.160 e. The topological polar surface area (TPSA) is 18.5 Å². The largest absolute Gasteiger partial charge is 0.352 e. The first kappa shape index (κ1) is 16.3. The summed E-state index contributed by atoms with van der Waals surface area (Å²) in [6.45, 7) is 4.05. The maximum Gasteiger partial charge on any atom is 0.160 e. The summed E-state index contributed by atoms with van der Waals surface area (Å²) in [5.41, 5.74) is 1.67. The van der Waals surface area contributed by atoms with Crippen molar-refractivity contribution in [3.05, 3.63) is 11.6 Å². The van der Waals surface area contributed by atoms with Crippen LogP contribution in [0.25, 0.3) is 0 Å². The van der Waals surface area contributed by atoms with Crippen LogP contribution in [0.3, 0.4) is 0 Å². The van der Waals surface area contributed by atoms with Gasteiger partial charge in [-0.2, -0.15) is 0 Å². The van der Waals surface area contributed by atoms with E-state index in [-0.39, 0.29) is 6.29 Å². The Morgan fingerprint density at radius 2 is 1.75 bits per heavy atom. The molecule has 1 saturated carbocycles. The minimum atomic E-state index is 0.0540. The molecule has 0 unspecified atom stereocenters. The fraction of sp³-hybridized carbons (Fsp3) is 0.882. The lowest BCUT2D eigenvalue weighted by Crippen LogP contribution is -2.38.